The summed E-state index contributed by atoms with van der Waals surface area (Å²) in [5.41, 5.74) is 1.17. The van der Waals surface area contributed by atoms with E-state index >= 15 is 0 Å². The molecule has 5 nitrogen and oxygen atoms in total. The molecule has 0 radical (unpaired) electrons. The highest BCUT2D eigenvalue weighted by atomic mass is 16.6. The molecule has 0 unspecified atom stereocenters. The van der Waals surface area contributed by atoms with Crippen LogP contribution in [0, 0.1) is 0 Å². The molecule has 1 aromatic rings. The summed E-state index contributed by atoms with van der Waals surface area (Å²) in [6, 6.07) is 5.96. The Balaban J connectivity index is 1.84. The number of carbonyl (C=O) groups is 1. The molecule has 0 saturated heterocycles. The predicted octanol–water partition coefficient (Wildman–Crippen LogP) is 1.41. The van der Waals surface area contributed by atoms with Crippen molar-refractivity contribution in [3.8, 4) is 11.5 Å². The second-order valence-corrected chi connectivity index (χ2v) is 4.68. The summed E-state index contributed by atoms with van der Waals surface area (Å²) in [4.78, 5) is 12.5. The number of rotatable bonds is 6. The van der Waals surface area contributed by atoms with E-state index in [0.717, 1.165) is 24.5 Å². The van der Waals surface area contributed by atoms with Gasteiger partial charge in [0.15, 0.2) is 11.5 Å². The van der Waals surface area contributed by atoms with Gasteiger partial charge < -0.3 is 19.5 Å². The molecule has 0 bridgehead atoms. The van der Waals surface area contributed by atoms with Crippen LogP contribution >= 0.6 is 0 Å². The van der Waals surface area contributed by atoms with Gasteiger partial charge in [0.05, 0.1) is 6.42 Å². The van der Waals surface area contributed by atoms with Crippen LogP contribution in [0.3, 0.4) is 0 Å². The van der Waals surface area contributed by atoms with Crippen LogP contribution in [0.5, 0.6) is 11.5 Å². The number of carboxylic acids is 1. The first-order valence-electron chi connectivity index (χ1n) is 6.44. The van der Waals surface area contributed by atoms with E-state index in [1.54, 1.807) is 0 Å². The van der Waals surface area contributed by atoms with Crippen molar-refractivity contribution in [1.82, 2.24) is 4.90 Å². The Bertz CT molecular complexity index is 447. The Labute approximate surface area is 112 Å². The lowest BCUT2D eigenvalue weighted by atomic mass is 10.1. The number of carboxylic acid groups (broad SMARTS) is 1. The van der Waals surface area contributed by atoms with Crippen molar-refractivity contribution in [2.75, 3.05) is 33.4 Å². The molecule has 5 heteroatoms. The summed E-state index contributed by atoms with van der Waals surface area (Å²) in [5, 5.41) is 8.62. The van der Waals surface area contributed by atoms with Crippen molar-refractivity contribution in [3.63, 3.8) is 0 Å². The number of likely N-dealkylation sites (N-methyl/N-ethyl adjacent to an activating group) is 1. The third-order valence-electron chi connectivity index (χ3n) is 3.10. The molecule has 0 atom stereocenters. The van der Waals surface area contributed by atoms with E-state index in [-0.39, 0.29) is 6.42 Å². The molecule has 0 aliphatic carbocycles. The number of hydrogen-bond acceptors (Lipinski definition) is 4. The van der Waals surface area contributed by atoms with Crippen LogP contribution in [0.4, 0.5) is 0 Å². The molecule has 104 valence electrons. The Morgan fingerprint density at radius 3 is 2.74 bits per heavy atom. The summed E-state index contributed by atoms with van der Waals surface area (Å²) in [5.74, 6) is 0.845. The molecule has 0 spiro atoms. The average molecular weight is 265 g/mol. The van der Waals surface area contributed by atoms with E-state index in [0.29, 0.717) is 19.8 Å². The van der Waals surface area contributed by atoms with Gasteiger partial charge in [0.2, 0.25) is 0 Å². The van der Waals surface area contributed by atoms with Crippen molar-refractivity contribution in [3.05, 3.63) is 23.8 Å². The number of benzene rings is 1. The van der Waals surface area contributed by atoms with Crippen molar-refractivity contribution in [2.45, 2.75) is 12.8 Å². The first-order valence-corrected chi connectivity index (χ1v) is 6.44. The van der Waals surface area contributed by atoms with Gasteiger partial charge in [-0.3, -0.25) is 4.79 Å². The van der Waals surface area contributed by atoms with E-state index in [9.17, 15) is 4.79 Å². The lowest BCUT2D eigenvalue weighted by molar-refractivity contribution is -0.137. The molecule has 1 aliphatic heterocycles. The lowest BCUT2D eigenvalue weighted by Crippen LogP contribution is -2.24. The van der Waals surface area contributed by atoms with Gasteiger partial charge in [-0.05, 0) is 31.2 Å². The molecule has 19 heavy (non-hydrogen) atoms. The molecule has 0 amide bonds. The first-order chi connectivity index (χ1) is 9.15. The molecule has 2 rings (SSSR count). The van der Waals surface area contributed by atoms with E-state index in [2.05, 4.69) is 0 Å². The summed E-state index contributed by atoms with van der Waals surface area (Å²) in [7, 11) is 1.93. The van der Waals surface area contributed by atoms with Gasteiger partial charge in [-0.2, -0.15) is 0 Å². The van der Waals surface area contributed by atoms with Crippen molar-refractivity contribution in [1.29, 1.82) is 0 Å². The van der Waals surface area contributed by atoms with E-state index in [1.165, 1.54) is 5.56 Å². The number of hydrogen-bond donors (Lipinski definition) is 1. The maximum Gasteiger partial charge on any atom is 0.304 e. The molecular formula is C14H19NO4. The van der Waals surface area contributed by atoms with Gasteiger partial charge in [-0.1, -0.05) is 6.07 Å². The van der Waals surface area contributed by atoms with E-state index in [1.807, 2.05) is 30.1 Å². The highest BCUT2D eigenvalue weighted by Crippen LogP contribution is 2.30. The van der Waals surface area contributed by atoms with Crippen molar-refractivity contribution in [2.24, 2.45) is 0 Å². The minimum atomic E-state index is -0.758. The SMILES string of the molecule is CN(CCC(=O)O)CCc1ccc2c(c1)OCCO2. The van der Waals surface area contributed by atoms with Crippen LogP contribution in [-0.2, 0) is 11.2 Å². The minimum Gasteiger partial charge on any atom is -0.486 e. The fourth-order valence-corrected chi connectivity index (χ4v) is 1.96. The molecule has 1 aliphatic rings. The minimum absolute atomic E-state index is 0.178. The zero-order chi connectivity index (χ0) is 13.7. The number of ether oxygens (including phenoxy) is 2. The third kappa shape index (κ3) is 4.13. The monoisotopic (exact) mass is 265 g/mol. The quantitative estimate of drug-likeness (QED) is 0.842. The Hall–Kier alpha value is -1.75. The zero-order valence-corrected chi connectivity index (χ0v) is 11.1. The number of aliphatic carboxylic acids is 1. The molecule has 0 aromatic heterocycles. The smallest absolute Gasteiger partial charge is 0.304 e. The highest BCUT2D eigenvalue weighted by Gasteiger charge is 2.11. The second-order valence-electron chi connectivity index (χ2n) is 4.68. The number of fused-ring (bicyclic) bond motifs is 1. The van der Waals surface area contributed by atoms with Gasteiger partial charge in [-0.15, -0.1) is 0 Å². The maximum atomic E-state index is 10.5. The van der Waals surface area contributed by atoms with Crippen molar-refractivity contribution < 1.29 is 19.4 Å². The van der Waals surface area contributed by atoms with E-state index in [4.69, 9.17) is 14.6 Å². The van der Waals surface area contributed by atoms with Crippen LogP contribution in [0.25, 0.3) is 0 Å². The molecule has 0 saturated carbocycles. The van der Waals surface area contributed by atoms with Crippen LogP contribution in [0.15, 0.2) is 18.2 Å². The van der Waals surface area contributed by atoms with Crippen LogP contribution < -0.4 is 9.47 Å². The summed E-state index contributed by atoms with van der Waals surface area (Å²) >= 11 is 0. The Kier molecular flexibility index (Phi) is 4.63. The van der Waals surface area contributed by atoms with Gasteiger partial charge in [0.25, 0.3) is 0 Å². The second kappa shape index (κ2) is 6.43. The van der Waals surface area contributed by atoms with Gasteiger partial charge >= 0.3 is 5.97 Å². The Morgan fingerprint density at radius 1 is 1.26 bits per heavy atom. The lowest BCUT2D eigenvalue weighted by Gasteiger charge is -2.20. The largest absolute Gasteiger partial charge is 0.486 e. The maximum absolute atomic E-state index is 10.5. The standard InChI is InChI=1S/C14H19NO4/c1-15(7-5-14(16)17)6-4-11-2-3-12-13(10-11)19-9-8-18-12/h2-3,10H,4-9H2,1H3,(H,16,17). The van der Waals surface area contributed by atoms with Gasteiger partial charge in [0.1, 0.15) is 13.2 Å². The summed E-state index contributed by atoms with van der Waals surface area (Å²) in [6.07, 6.45) is 1.05. The molecule has 1 N–H and O–H groups in total. The normalized spacial score (nSPS) is 13.6. The average Bonchev–Trinajstić information content (AvgIpc) is 2.42. The summed E-state index contributed by atoms with van der Waals surface area (Å²) < 4.78 is 11.0. The highest BCUT2D eigenvalue weighted by molar-refractivity contribution is 5.66. The summed E-state index contributed by atoms with van der Waals surface area (Å²) in [6.45, 7) is 2.59. The topological polar surface area (TPSA) is 59.0 Å². The van der Waals surface area contributed by atoms with Crippen LogP contribution in [0.1, 0.15) is 12.0 Å². The first kappa shape index (κ1) is 13.7. The van der Waals surface area contributed by atoms with Crippen molar-refractivity contribution >= 4 is 5.97 Å². The zero-order valence-electron chi connectivity index (χ0n) is 11.1. The van der Waals surface area contributed by atoms with Gasteiger partial charge in [-0.25, -0.2) is 0 Å². The molecule has 1 aromatic carbocycles. The predicted molar refractivity (Wildman–Crippen MR) is 70.9 cm³/mol. The fraction of sp³-hybridized carbons (Fsp3) is 0.500. The Morgan fingerprint density at radius 2 is 2.00 bits per heavy atom. The van der Waals surface area contributed by atoms with Crippen LogP contribution in [-0.4, -0.2) is 49.3 Å². The third-order valence-corrected chi connectivity index (χ3v) is 3.10. The molecule has 0 fully saturated rings. The van der Waals surface area contributed by atoms with Crippen LogP contribution in [0.2, 0.25) is 0 Å². The fourth-order valence-electron chi connectivity index (χ4n) is 1.96. The molecule has 1 heterocycles. The van der Waals surface area contributed by atoms with Gasteiger partial charge in [0, 0.05) is 13.1 Å². The molecular weight excluding hydrogens is 246 g/mol. The van der Waals surface area contributed by atoms with E-state index < -0.39 is 5.97 Å². The number of nitrogens with zero attached hydrogens (tertiary/aromatic N) is 1.